The molecule has 0 fully saturated rings. The third kappa shape index (κ3) is 6.85. The zero-order chi connectivity index (χ0) is 17.6. The number of hydrogen-bond acceptors (Lipinski definition) is 2. The van der Waals surface area contributed by atoms with Gasteiger partial charge in [0, 0.05) is 19.2 Å². The lowest BCUT2D eigenvalue weighted by Crippen LogP contribution is -2.46. The van der Waals surface area contributed by atoms with Crippen LogP contribution < -0.4 is 5.32 Å². The van der Waals surface area contributed by atoms with E-state index in [-0.39, 0.29) is 17.2 Å². The van der Waals surface area contributed by atoms with Crippen molar-refractivity contribution in [3.8, 4) is 0 Å². The van der Waals surface area contributed by atoms with Crippen LogP contribution >= 0.6 is 0 Å². The number of nitrogens with one attached hydrogen (secondary N) is 1. The molecule has 1 aromatic rings. The van der Waals surface area contributed by atoms with Crippen molar-refractivity contribution < 1.29 is 9.59 Å². The van der Waals surface area contributed by atoms with Gasteiger partial charge in [-0.1, -0.05) is 52.8 Å². The summed E-state index contributed by atoms with van der Waals surface area (Å²) >= 11 is 0. The smallest absolute Gasteiger partial charge is 0.247 e. The molecule has 0 radical (unpaired) electrons. The van der Waals surface area contributed by atoms with Crippen molar-refractivity contribution in [3.63, 3.8) is 0 Å². The quantitative estimate of drug-likeness (QED) is 0.864. The van der Waals surface area contributed by atoms with Gasteiger partial charge in [-0.25, -0.2) is 0 Å². The van der Waals surface area contributed by atoms with Gasteiger partial charge in [0.15, 0.2) is 0 Å². The molecule has 23 heavy (non-hydrogen) atoms. The zero-order valence-electron chi connectivity index (χ0n) is 15.2. The van der Waals surface area contributed by atoms with Gasteiger partial charge in [0.05, 0.1) is 0 Å². The molecule has 1 rings (SSSR count). The molecule has 0 aliphatic heterocycles. The fourth-order valence-corrected chi connectivity index (χ4v) is 2.39. The molecule has 2 amide bonds. The summed E-state index contributed by atoms with van der Waals surface area (Å²) in [7, 11) is 1.73. The maximum absolute atomic E-state index is 12.7. The first-order valence-electron chi connectivity index (χ1n) is 8.21. The first-order valence-corrected chi connectivity index (χ1v) is 8.21. The van der Waals surface area contributed by atoms with E-state index in [9.17, 15) is 9.59 Å². The largest absolute Gasteiger partial charge is 0.334 e. The Labute approximate surface area is 140 Å². The van der Waals surface area contributed by atoms with Gasteiger partial charge in [0.2, 0.25) is 11.8 Å². The second-order valence-electron chi connectivity index (χ2n) is 7.74. The van der Waals surface area contributed by atoms with Crippen LogP contribution in [-0.2, 0) is 9.59 Å². The molecule has 0 saturated heterocycles. The molecule has 4 nitrogen and oxygen atoms in total. The van der Waals surface area contributed by atoms with Crippen molar-refractivity contribution in [2.45, 2.75) is 53.5 Å². The third-order valence-electron chi connectivity index (χ3n) is 3.58. The van der Waals surface area contributed by atoms with E-state index in [0.717, 1.165) is 5.69 Å². The number of hydrogen-bond donors (Lipinski definition) is 1. The molecule has 0 spiro atoms. The molecular formula is C19H30N2O2. The van der Waals surface area contributed by atoms with Gasteiger partial charge in [-0.3, -0.25) is 9.59 Å². The van der Waals surface area contributed by atoms with Crippen LogP contribution in [0, 0.1) is 11.3 Å². The van der Waals surface area contributed by atoms with Gasteiger partial charge in [0.25, 0.3) is 0 Å². The molecule has 0 bridgehead atoms. The zero-order valence-corrected chi connectivity index (χ0v) is 15.2. The number of anilines is 1. The lowest BCUT2D eigenvalue weighted by Gasteiger charge is -2.31. The van der Waals surface area contributed by atoms with E-state index >= 15 is 0 Å². The molecule has 128 valence electrons. The normalized spacial score (nSPS) is 12.8. The number of carbonyl (C=O) groups is 2. The molecule has 1 aromatic carbocycles. The molecule has 4 heteroatoms. The SMILES string of the molecule is CC(C)C[C@H](C(=O)Nc1ccccc1)N(C)C(=O)CC(C)(C)C. The average molecular weight is 318 g/mol. The summed E-state index contributed by atoms with van der Waals surface area (Å²) in [5.74, 6) is 0.201. The summed E-state index contributed by atoms with van der Waals surface area (Å²) in [4.78, 5) is 26.7. The second-order valence-corrected chi connectivity index (χ2v) is 7.74. The van der Waals surface area contributed by atoms with Crippen molar-refractivity contribution in [1.29, 1.82) is 0 Å². The van der Waals surface area contributed by atoms with Crippen molar-refractivity contribution in [2.75, 3.05) is 12.4 Å². The maximum atomic E-state index is 12.7. The van der Waals surface area contributed by atoms with Crippen molar-refractivity contribution in [2.24, 2.45) is 11.3 Å². The number of likely N-dealkylation sites (N-methyl/N-ethyl adjacent to an activating group) is 1. The van der Waals surface area contributed by atoms with Gasteiger partial charge in [-0.15, -0.1) is 0 Å². The van der Waals surface area contributed by atoms with E-state index in [1.807, 2.05) is 51.1 Å². The van der Waals surface area contributed by atoms with Gasteiger partial charge in [0.1, 0.15) is 6.04 Å². The summed E-state index contributed by atoms with van der Waals surface area (Å²) in [5, 5.41) is 2.91. The first-order chi connectivity index (χ1) is 10.6. The van der Waals surface area contributed by atoms with E-state index in [4.69, 9.17) is 0 Å². The first kappa shape index (κ1) is 19.2. The van der Waals surface area contributed by atoms with Crippen molar-refractivity contribution in [1.82, 2.24) is 4.90 Å². The van der Waals surface area contributed by atoms with Crippen LogP contribution in [0.25, 0.3) is 0 Å². The number of benzene rings is 1. The van der Waals surface area contributed by atoms with E-state index in [0.29, 0.717) is 18.8 Å². The predicted molar refractivity (Wildman–Crippen MR) is 95.2 cm³/mol. The van der Waals surface area contributed by atoms with Crippen molar-refractivity contribution >= 4 is 17.5 Å². The van der Waals surface area contributed by atoms with Gasteiger partial charge in [-0.2, -0.15) is 0 Å². The number of carbonyl (C=O) groups excluding carboxylic acids is 2. The lowest BCUT2D eigenvalue weighted by molar-refractivity contribution is -0.139. The Hall–Kier alpha value is -1.84. The molecular weight excluding hydrogens is 288 g/mol. The maximum Gasteiger partial charge on any atom is 0.247 e. The standard InChI is InChI=1S/C19H30N2O2/c1-14(2)12-16(21(6)17(22)13-19(3,4)5)18(23)20-15-10-8-7-9-11-15/h7-11,14,16H,12-13H2,1-6H3,(H,20,23)/t16-/m1/s1. The number of nitrogens with zero attached hydrogens (tertiary/aromatic N) is 1. The van der Waals surface area contributed by atoms with E-state index in [2.05, 4.69) is 19.2 Å². The van der Waals surface area contributed by atoms with E-state index in [1.54, 1.807) is 11.9 Å². The minimum atomic E-state index is -0.454. The topological polar surface area (TPSA) is 49.4 Å². The summed E-state index contributed by atoms with van der Waals surface area (Å²) in [6.07, 6.45) is 1.07. The van der Waals surface area contributed by atoms with Crippen LogP contribution in [-0.4, -0.2) is 29.8 Å². The summed E-state index contributed by atoms with van der Waals surface area (Å²) in [5.41, 5.74) is 0.659. The fourth-order valence-electron chi connectivity index (χ4n) is 2.39. The Kier molecular flexibility index (Phi) is 6.79. The Morgan fingerprint density at radius 3 is 2.17 bits per heavy atom. The van der Waals surface area contributed by atoms with Gasteiger partial charge in [-0.05, 0) is 29.9 Å². The van der Waals surface area contributed by atoms with Crippen LogP contribution in [0.1, 0.15) is 47.5 Å². The highest BCUT2D eigenvalue weighted by molar-refractivity contribution is 5.97. The lowest BCUT2D eigenvalue weighted by atomic mass is 9.91. The minimum Gasteiger partial charge on any atom is -0.334 e. The number of amides is 2. The summed E-state index contributed by atoms with van der Waals surface area (Å²) in [6.45, 7) is 10.2. The Morgan fingerprint density at radius 2 is 1.70 bits per heavy atom. The highest BCUT2D eigenvalue weighted by Crippen LogP contribution is 2.22. The number of para-hydroxylation sites is 1. The van der Waals surface area contributed by atoms with Crippen LogP contribution in [0.5, 0.6) is 0 Å². The summed E-state index contributed by atoms with van der Waals surface area (Å²) < 4.78 is 0. The van der Waals surface area contributed by atoms with E-state index < -0.39 is 6.04 Å². The Morgan fingerprint density at radius 1 is 1.13 bits per heavy atom. The molecule has 0 aromatic heterocycles. The summed E-state index contributed by atoms with van der Waals surface area (Å²) in [6, 6.07) is 8.90. The van der Waals surface area contributed by atoms with Crippen LogP contribution in [0.3, 0.4) is 0 Å². The molecule has 0 saturated carbocycles. The van der Waals surface area contributed by atoms with Gasteiger partial charge < -0.3 is 10.2 Å². The molecule has 1 atom stereocenters. The van der Waals surface area contributed by atoms with Crippen molar-refractivity contribution in [3.05, 3.63) is 30.3 Å². The molecule has 1 N–H and O–H groups in total. The van der Waals surface area contributed by atoms with Crippen LogP contribution in [0.15, 0.2) is 30.3 Å². The van der Waals surface area contributed by atoms with E-state index in [1.165, 1.54) is 0 Å². The highest BCUT2D eigenvalue weighted by Gasteiger charge is 2.29. The second kappa shape index (κ2) is 8.14. The monoisotopic (exact) mass is 318 g/mol. The van der Waals surface area contributed by atoms with Gasteiger partial charge >= 0.3 is 0 Å². The molecule has 0 unspecified atom stereocenters. The fraction of sp³-hybridized carbons (Fsp3) is 0.579. The van der Waals surface area contributed by atoms with Crippen LogP contribution in [0.2, 0.25) is 0 Å². The van der Waals surface area contributed by atoms with Crippen LogP contribution in [0.4, 0.5) is 5.69 Å². The average Bonchev–Trinajstić information content (AvgIpc) is 2.43. The highest BCUT2D eigenvalue weighted by atomic mass is 16.2. The Balaban J connectivity index is 2.86. The number of rotatable bonds is 6. The Bertz CT molecular complexity index is 518. The molecule has 0 aliphatic carbocycles. The molecule has 0 aliphatic rings. The predicted octanol–water partition coefficient (Wildman–Crippen LogP) is 3.93. The third-order valence-corrected chi connectivity index (χ3v) is 3.58. The minimum absolute atomic E-state index is 0.00589. The molecule has 0 heterocycles.